The van der Waals surface area contributed by atoms with Gasteiger partial charge in [-0.1, -0.05) is 12.1 Å². The summed E-state index contributed by atoms with van der Waals surface area (Å²) in [5.74, 6) is 0.780. The van der Waals surface area contributed by atoms with E-state index in [9.17, 15) is 0 Å². The highest BCUT2D eigenvalue weighted by Crippen LogP contribution is 2.15. The minimum absolute atomic E-state index is 0.769. The monoisotopic (exact) mass is 357 g/mol. The summed E-state index contributed by atoms with van der Waals surface area (Å²) in [7, 11) is 0. The second kappa shape index (κ2) is 6.84. The van der Waals surface area contributed by atoms with Gasteiger partial charge in [-0.2, -0.15) is 5.10 Å². The Morgan fingerprint density at radius 3 is 2.78 bits per heavy atom. The summed E-state index contributed by atoms with van der Waals surface area (Å²) in [6.07, 6.45) is 2.74. The maximum Gasteiger partial charge on any atom is 0.181 e. The number of halogens is 1. The van der Waals surface area contributed by atoms with Crippen LogP contribution in [0.3, 0.4) is 0 Å². The van der Waals surface area contributed by atoms with Gasteiger partial charge in [0.2, 0.25) is 0 Å². The molecule has 2 aromatic rings. The zero-order chi connectivity index (χ0) is 12.8. The van der Waals surface area contributed by atoms with Gasteiger partial charge in [-0.25, -0.2) is 4.98 Å². The van der Waals surface area contributed by atoms with Crippen LogP contribution in [0.2, 0.25) is 0 Å². The number of aryl methyl sites for hydroxylation is 1. The Morgan fingerprint density at radius 2 is 2.06 bits per heavy atom. The molecule has 0 saturated heterocycles. The third-order valence-corrected chi connectivity index (χ3v) is 3.24. The fraction of sp³-hybridized carbons (Fsp3) is 0.385. The number of nitrogens with zero attached hydrogens (tertiary/aromatic N) is 3. The van der Waals surface area contributed by atoms with Crippen molar-refractivity contribution < 1.29 is 4.74 Å². The molecule has 0 spiro atoms. The van der Waals surface area contributed by atoms with Crippen LogP contribution in [0.5, 0.6) is 0 Å². The Hall–Kier alpha value is -0.950. The lowest BCUT2D eigenvalue weighted by Crippen LogP contribution is -2.03. The molecule has 0 aliphatic carbocycles. The summed E-state index contributed by atoms with van der Waals surface area (Å²) in [4.78, 5) is 4.32. The summed E-state index contributed by atoms with van der Waals surface area (Å²) < 4.78 is 8.38. The average molecular weight is 357 g/mol. The Kier molecular flexibility index (Phi) is 5.12. The number of aromatic nitrogens is 3. The van der Waals surface area contributed by atoms with E-state index in [1.165, 1.54) is 3.57 Å². The molecule has 0 N–H and O–H groups in total. The second-order valence-electron chi connectivity index (χ2n) is 3.89. The van der Waals surface area contributed by atoms with Crippen molar-refractivity contribution in [2.75, 3.05) is 13.2 Å². The van der Waals surface area contributed by atoms with Crippen LogP contribution in [0.25, 0.3) is 11.4 Å². The van der Waals surface area contributed by atoms with Gasteiger partial charge in [0.25, 0.3) is 0 Å². The number of benzene rings is 1. The molecule has 0 saturated carbocycles. The maximum absolute atomic E-state index is 5.30. The summed E-state index contributed by atoms with van der Waals surface area (Å²) in [6, 6.07) is 8.21. The second-order valence-corrected chi connectivity index (χ2v) is 5.13. The molecular formula is C13H16IN3O. The van der Waals surface area contributed by atoms with E-state index in [2.05, 4.69) is 44.8 Å². The van der Waals surface area contributed by atoms with Gasteiger partial charge in [-0.05, 0) is 48.1 Å². The fourth-order valence-corrected chi connectivity index (χ4v) is 1.97. The van der Waals surface area contributed by atoms with E-state index in [4.69, 9.17) is 4.74 Å². The van der Waals surface area contributed by atoms with E-state index in [0.717, 1.165) is 37.6 Å². The smallest absolute Gasteiger partial charge is 0.181 e. The zero-order valence-electron chi connectivity index (χ0n) is 10.3. The van der Waals surface area contributed by atoms with Gasteiger partial charge in [0.05, 0.1) is 0 Å². The highest BCUT2D eigenvalue weighted by Gasteiger charge is 2.03. The molecule has 0 bridgehead atoms. The third kappa shape index (κ3) is 3.78. The molecule has 0 atom stereocenters. The minimum atomic E-state index is 0.769. The number of hydrogen-bond acceptors (Lipinski definition) is 3. The summed E-state index contributed by atoms with van der Waals surface area (Å²) in [5, 5.41) is 4.46. The molecule has 0 radical (unpaired) electrons. The van der Waals surface area contributed by atoms with Crippen molar-refractivity contribution in [2.24, 2.45) is 0 Å². The van der Waals surface area contributed by atoms with E-state index in [0.29, 0.717) is 0 Å². The normalized spacial score (nSPS) is 10.8. The Bertz CT molecular complexity index is 481. The first-order chi connectivity index (χ1) is 8.79. The standard InChI is InChI=1S/C13H16IN3O/c1-2-18-9-3-8-17-10-15-13(16-17)11-4-6-12(14)7-5-11/h4-7,10H,2-3,8-9H2,1H3. The highest BCUT2D eigenvalue weighted by molar-refractivity contribution is 14.1. The van der Waals surface area contributed by atoms with Crippen molar-refractivity contribution in [3.05, 3.63) is 34.2 Å². The van der Waals surface area contributed by atoms with Gasteiger partial charge >= 0.3 is 0 Å². The van der Waals surface area contributed by atoms with Crippen LogP contribution in [-0.2, 0) is 11.3 Å². The predicted octanol–water partition coefficient (Wildman–Crippen LogP) is 2.98. The molecule has 1 aromatic heterocycles. The van der Waals surface area contributed by atoms with Crippen LogP contribution in [0, 0.1) is 3.57 Å². The topological polar surface area (TPSA) is 39.9 Å². The van der Waals surface area contributed by atoms with Gasteiger partial charge in [0.1, 0.15) is 6.33 Å². The van der Waals surface area contributed by atoms with Crippen LogP contribution in [-0.4, -0.2) is 28.0 Å². The molecule has 96 valence electrons. The Morgan fingerprint density at radius 1 is 1.28 bits per heavy atom. The van der Waals surface area contributed by atoms with Gasteiger partial charge < -0.3 is 4.74 Å². The van der Waals surface area contributed by atoms with Crippen LogP contribution in [0.1, 0.15) is 13.3 Å². The Labute approximate surface area is 121 Å². The maximum atomic E-state index is 5.30. The van der Waals surface area contributed by atoms with E-state index < -0.39 is 0 Å². The molecule has 0 aliphatic rings. The van der Waals surface area contributed by atoms with E-state index >= 15 is 0 Å². The molecular weight excluding hydrogens is 341 g/mol. The summed E-state index contributed by atoms with van der Waals surface area (Å²) >= 11 is 2.29. The number of ether oxygens (including phenoxy) is 1. The SMILES string of the molecule is CCOCCCn1cnc(-c2ccc(I)cc2)n1. The molecule has 2 rings (SSSR count). The van der Waals surface area contributed by atoms with Crippen LogP contribution in [0.4, 0.5) is 0 Å². The van der Waals surface area contributed by atoms with Gasteiger partial charge in [0.15, 0.2) is 5.82 Å². The highest BCUT2D eigenvalue weighted by atomic mass is 127. The van der Waals surface area contributed by atoms with E-state index in [-0.39, 0.29) is 0 Å². The van der Waals surface area contributed by atoms with Crippen molar-refractivity contribution in [3.8, 4) is 11.4 Å². The molecule has 18 heavy (non-hydrogen) atoms. The molecule has 0 unspecified atom stereocenters. The predicted molar refractivity (Wildman–Crippen MR) is 79.3 cm³/mol. The quantitative estimate of drug-likeness (QED) is 0.590. The zero-order valence-corrected chi connectivity index (χ0v) is 12.5. The molecule has 0 aliphatic heterocycles. The largest absolute Gasteiger partial charge is 0.382 e. The molecule has 1 heterocycles. The first-order valence-corrected chi connectivity index (χ1v) is 7.10. The minimum Gasteiger partial charge on any atom is -0.382 e. The lowest BCUT2D eigenvalue weighted by molar-refractivity contribution is 0.141. The van der Waals surface area contributed by atoms with Gasteiger partial charge in [-0.3, -0.25) is 4.68 Å². The lowest BCUT2D eigenvalue weighted by atomic mass is 10.2. The lowest BCUT2D eigenvalue weighted by Gasteiger charge is -2.01. The fourth-order valence-electron chi connectivity index (χ4n) is 1.61. The molecule has 1 aromatic carbocycles. The molecule has 4 nitrogen and oxygen atoms in total. The van der Waals surface area contributed by atoms with Crippen molar-refractivity contribution in [2.45, 2.75) is 19.9 Å². The van der Waals surface area contributed by atoms with Crippen molar-refractivity contribution in [1.82, 2.24) is 14.8 Å². The molecule has 5 heteroatoms. The van der Waals surface area contributed by atoms with Crippen LogP contribution >= 0.6 is 22.6 Å². The third-order valence-electron chi connectivity index (χ3n) is 2.52. The van der Waals surface area contributed by atoms with Crippen molar-refractivity contribution in [1.29, 1.82) is 0 Å². The summed E-state index contributed by atoms with van der Waals surface area (Å²) in [6.45, 7) is 4.39. The van der Waals surface area contributed by atoms with Crippen LogP contribution in [0.15, 0.2) is 30.6 Å². The molecule has 0 fully saturated rings. The summed E-state index contributed by atoms with van der Waals surface area (Å²) in [5.41, 5.74) is 1.05. The van der Waals surface area contributed by atoms with Crippen molar-refractivity contribution >= 4 is 22.6 Å². The molecule has 0 amide bonds. The first-order valence-electron chi connectivity index (χ1n) is 6.02. The number of rotatable bonds is 6. The average Bonchev–Trinajstić information content (AvgIpc) is 2.84. The first kappa shape index (κ1) is 13.5. The van der Waals surface area contributed by atoms with Crippen LogP contribution < -0.4 is 0 Å². The van der Waals surface area contributed by atoms with Crippen molar-refractivity contribution in [3.63, 3.8) is 0 Å². The van der Waals surface area contributed by atoms with E-state index in [1.807, 2.05) is 23.7 Å². The number of hydrogen-bond donors (Lipinski definition) is 0. The Balaban J connectivity index is 1.95. The van der Waals surface area contributed by atoms with E-state index in [1.54, 1.807) is 6.33 Å². The van der Waals surface area contributed by atoms with Gasteiger partial charge in [-0.15, -0.1) is 0 Å². The van der Waals surface area contributed by atoms with Gasteiger partial charge in [0, 0.05) is 28.9 Å².